The molecule has 1 aromatic heterocycles. The fourth-order valence-electron chi connectivity index (χ4n) is 3.58. The molecule has 0 spiro atoms. The lowest BCUT2D eigenvalue weighted by Crippen LogP contribution is -2.42. The van der Waals surface area contributed by atoms with Crippen molar-refractivity contribution in [3.63, 3.8) is 0 Å². The number of aromatic nitrogens is 1. The van der Waals surface area contributed by atoms with Crippen LogP contribution in [0.1, 0.15) is 21.5 Å². The van der Waals surface area contributed by atoms with Crippen molar-refractivity contribution >= 4 is 33.7 Å². The number of halogens is 3. The van der Waals surface area contributed by atoms with E-state index in [0.717, 1.165) is 12.1 Å². The molecule has 4 aromatic rings. The quantitative estimate of drug-likeness (QED) is 0.438. The molecule has 2 N–H and O–H groups in total. The first-order valence-electron chi connectivity index (χ1n) is 9.71. The fraction of sp³-hybridized carbons (Fsp3) is 0.125. The van der Waals surface area contributed by atoms with Gasteiger partial charge in [0.2, 0.25) is 0 Å². The van der Waals surface area contributed by atoms with Gasteiger partial charge in [-0.3, -0.25) is 4.79 Å². The predicted molar refractivity (Wildman–Crippen MR) is 113 cm³/mol. The van der Waals surface area contributed by atoms with E-state index in [0.29, 0.717) is 32.9 Å². The molecule has 0 aliphatic carbocycles. The fourth-order valence-corrected chi connectivity index (χ4v) is 3.58. The summed E-state index contributed by atoms with van der Waals surface area (Å²) < 4.78 is 38.3. The van der Waals surface area contributed by atoms with Crippen LogP contribution in [0.2, 0.25) is 0 Å². The Kier molecular flexibility index (Phi) is 5.52. The normalized spacial score (nSPS) is 12.6. The van der Waals surface area contributed by atoms with E-state index in [9.17, 15) is 27.9 Å². The van der Waals surface area contributed by atoms with E-state index >= 15 is 0 Å². The van der Waals surface area contributed by atoms with Gasteiger partial charge in [0.25, 0.3) is 5.91 Å². The molecule has 0 aliphatic rings. The predicted octanol–water partition coefficient (Wildman–Crippen LogP) is 4.83. The molecule has 0 saturated carbocycles. The minimum atomic E-state index is -4.48. The zero-order chi connectivity index (χ0) is 22.9. The second-order valence-corrected chi connectivity index (χ2v) is 7.28. The highest BCUT2D eigenvalue weighted by Crippen LogP contribution is 2.29. The van der Waals surface area contributed by atoms with Gasteiger partial charge in [-0.25, -0.2) is 9.78 Å². The van der Waals surface area contributed by atoms with E-state index in [4.69, 9.17) is 0 Å². The summed E-state index contributed by atoms with van der Waals surface area (Å²) in [4.78, 5) is 29.6. The first-order valence-corrected chi connectivity index (χ1v) is 9.71. The molecule has 8 heteroatoms. The summed E-state index contributed by atoms with van der Waals surface area (Å²) in [5, 5.41) is 13.3. The van der Waals surface area contributed by atoms with Gasteiger partial charge < -0.3 is 10.4 Å². The Morgan fingerprint density at radius 1 is 0.875 bits per heavy atom. The number of carbonyl (C=O) groups is 2. The van der Waals surface area contributed by atoms with E-state index in [1.165, 1.54) is 12.1 Å². The van der Waals surface area contributed by atoms with E-state index in [1.807, 2.05) is 0 Å². The molecule has 0 unspecified atom stereocenters. The third-order valence-corrected chi connectivity index (χ3v) is 5.14. The highest BCUT2D eigenvalue weighted by atomic mass is 19.4. The van der Waals surface area contributed by atoms with Gasteiger partial charge in [0, 0.05) is 17.2 Å². The summed E-state index contributed by atoms with van der Waals surface area (Å²) in [7, 11) is 0. The van der Waals surface area contributed by atoms with Crippen LogP contribution in [0, 0.1) is 0 Å². The van der Waals surface area contributed by atoms with Gasteiger partial charge in [0.15, 0.2) is 0 Å². The van der Waals surface area contributed by atoms with Crippen molar-refractivity contribution in [1.29, 1.82) is 0 Å². The molecule has 0 fully saturated rings. The number of pyridine rings is 1. The number of fused-ring (bicyclic) bond motifs is 2. The molecule has 32 heavy (non-hydrogen) atoms. The van der Waals surface area contributed by atoms with Gasteiger partial charge in [-0.05, 0) is 29.8 Å². The summed E-state index contributed by atoms with van der Waals surface area (Å²) in [5.41, 5.74) is 1.00. The SMILES string of the molecule is O=C(N[C@H](Cc1ccc(C(F)(F)F)cc1)C(=O)O)c1c2ccccc2nc2ccccc12. The summed E-state index contributed by atoms with van der Waals surface area (Å²) in [6.45, 7) is 0. The summed E-state index contributed by atoms with van der Waals surface area (Å²) in [5.74, 6) is -1.89. The Labute approximate surface area is 180 Å². The summed E-state index contributed by atoms with van der Waals surface area (Å²) >= 11 is 0. The van der Waals surface area contributed by atoms with Crippen LogP contribution in [0.3, 0.4) is 0 Å². The largest absolute Gasteiger partial charge is 0.480 e. The number of rotatable bonds is 5. The molecule has 1 heterocycles. The monoisotopic (exact) mass is 438 g/mol. The minimum absolute atomic E-state index is 0.167. The van der Waals surface area contributed by atoms with Gasteiger partial charge in [0.1, 0.15) is 6.04 Å². The lowest BCUT2D eigenvalue weighted by molar-refractivity contribution is -0.139. The van der Waals surface area contributed by atoms with Crippen LogP contribution in [-0.4, -0.2) is 28.0 Å². The lowest BCUT2D eigenvalue weighted by atomic mass is 10.00. The molecule has 0 saturated heterocycles. The van der Waals surface area contributed by atoms with Gasteiger partial charge in [-0.1, -0.05) is 48.5 Å². The number of carbonyl (C=O) groups excluding carboxylic acids is 1. The molecule has 0 aliphatic heterocycles. The number of hydrogen-bond acceptors (Lipinski definition) is 3. The van der Waals surface area contributed by atoms with E-state index in [1.54, 1.807) is 48.5 Å². The van der Waals surface area contributed by atoms with Crippen LogP contribution in [0.4, 0.5) is 13.2 Å². The second kappa shape index (κ2) is 8.30. The van der Waals surface area contributed by atoms with Gasteiger partial charge in [0.05, 0.1) is 22.2 Å². The van der Waals surface area contributed by atoms with Crippen LogP contribution in [0.25, 0.3) is 21.8 Å². The number of benzene rings is 3. The van der Waals surface area contributed by atoms with Crippen molar-refractivity contribution in [3.05, 3.63) is 89.5 Å². The van der Waals surface area contributed by atoms with E-state index < -0.39 is 29.7 Å². The summed E-state index contributed by atoms with van der Waals surface area (Å²) in [6.07, 6.45) is -4.65. The number of nitrogens with zero attached hydrogens (tertiary/aromatic N) is 1. The minimum Gasteiger partial charge on any atom is -0.480 e. The van der Waals surface area contributed by atoms with E-state index in [2.05, 4.69) is 10.3 Å². The van der Waals surface area contributed by atoms with Crippen molar-refractivity contribution in [2.45, 2.75) is 18.6 Å². The topological polar surface area (TPSA) is 79.3 Å². The number of para-hydroxylation sites is 2. The van der Waals surface area contributed by atoms with Crippen molar-refractivity contribution in [1.82, 2.24) is 10.3 Å². The molecule has 0 radical (unpaired) electrons. The molecule has 1 amide bonds. The Bertz CT molecular complexity index is 1260. The average molecular weight is 438 g/mol. The lowest BCUT2D eigenvalue weighted by Gasteiger charge is -2.17. The van der Waals surface area contributed by atoms with Crippen molar-refractivity contribution < 1.29 is 27.9 Å². The molecule has 4 rings (SSSR count). The maximum atomic E-state index is 13.2. The molecule has 1 atom stereocenters. The maximum absolute atomic E-state index is 13.2. The average Bonchev–Trinajstić information content (AvgIpc) is 2.76. The van der Waals surface area contributed by atoms with E-state index in [-0.39, 0.29) is 6.42 Å². The smallest absolute Gasteiger partial charge is 0.416 e. The van der Waals surface area contributed by atoms with Gasteiger partial charge in [-0.2, -0.15) is 13.2 Å². The molecule has 5 nitrogen and oxygen atoms in total. The highest BCUT2D eigenvalue weighted by molar-refractivity contribution is 6.16. The number of hydrogen-bond donors (Lipinski definition) is 2. The number of alkyl halides is 3. The number of nitrogens with one attached hydrogen (secondary N) is 1. The third-order valence-electron chi connectivity index (χ3n) is 5.14. The zero-order valence-corrected chi connectivity index (χ0v) is 16.6. The number of amides is 1. The number of carboxylic acids is 1. The van der Waals surface area contributed by atoms with Crippen molar-refractivity contribution in [2.75, 3.05) is 0 Å². The van der Waals surface area contributed by atoms with Gasteiger partial charge >= 0.3 is 12.1 Å². The van der Waals surface area contributed by atoms with Crippen LogP contribution in [0.5, 0.6) is 0 Å². The Balaban J connectivity index is 1.66. The first-order chi connectivity index (χ1) is 15.2. The maximum Gasteiger partial charge on any atom is 0.416 e. The third kappa shape index (κ3) is 4.25. The molecule has 0 bridgehead atoms. The first kappa shape index (κ1) is 21.3. The Morgan fingerprint density at radius 2 is 1.41 bits per heavy atom. The Hall–Kier alpha value is -3.94. The highest BCUT2D eigenvalue weighted by Gasteiger charge is 2.30. The standard InChI is InChI=1S/C24H17F3N2O3/c25-24(26,27)15-11-9-14(10-12-15)13-20(23(31)32)29-22(30)21-16-5-1-3-7-18(16)28-19-8-4-2-6-17(19)21/h1-12,20H,13H2,(H,29,30)(H,31,32)/t20-/m1/s1. The Morgan fingerprint density at radius 3 is 1.91 bits per heavy atom. The molecule has 3 aromatic carbocycles. The number of aliphatic carboxylic acids is 1. The van der Waals surface area contributed by atoms with Crippen LogP contribution in [-0.2, 0) is 17.4 Å². The zero-order valence-electron chi connectivity index (χ0n) is 16.6. The molecule has 162 valence electrons. The molecular formula is C24H17F3N2O3. The second-order valence-electron chi connectivity index (χ2n) is 7.28. The van der Waals surface area contributed by atoms with Crippen LogP contribution in [0.15, 0.2) is 72.8 Å². The summed E-state index contributed by atoms with van der Waals surface area (Å²) in [6, 6.07) is 16.9. The molecular weight excluding hydrogens is 421 g/mol. The number of carboxylic acid groups (broad SMARTS) is 1. The van der Waals surface area contributed by atoms with Gasteiger partial charge in [-0.15, -0.1) is 0 Å². The van der Waals surface area contributed by atoms with Crippen LogP contribution < -0.4 is 5.32 Å². The van der Waals surface area contributed by atoms with Crippen LogP contribution >= 0.6 is 0 Å². The van der Waals surface area contributed by atoms with Crippen molar-refractivity contribution in [3.8, 4) is 0 Å². The van der Waals surface area contributed by atoms with Crippen molar-refractivity contribution in [2.24, 2.45) is 0 Å².